The Labute approximate surface area is 195 Å². The van der Waals surface area contributed by atoms with Gasteiger partial charge in [0, 0.05) is 27.3 Å². The van der Waals surface area contributed by atoms with Gasteiger partial charge in [-0.25, -0.2) is 9.37 Å². The smallest absolute Gasteiger partial charge is 0.123 e. The first-order chi connectivity index (χ1) is 15.2. The highest BCUT2D eigenvalue weighted by Crippen LogP contribution is 2.55. The predicted octanol–water partition coefficient (Wildman–Crippen LogP) is 8.06. The summed E-state index contributed by atoms with van der Waals surface area (Å²) in [7, 11) is 0. The third-order valence-corrected chi connectivity index (χ3v) is 9.45. The summed E-state index contributed by atoms with van der Waals surface area (Å²) >= 11 is 2.00. The van der Waals surface area contributed by atoms with E-state index in [4.69, 9.17) is 4.98 Å². The molecule has 0 amide bonds. The molecule has 4 heteroatoms. The summed E-state index contributed by atoms with van der Waals surface area (Å²) in [6, 6.07) is 11.4. The first kappa shape index (κ1) is 21.6. The highest BCUT2D eigenvalue weighted by Gasteiger charge is 2.45. The summed E-state index contributed by atoms with van der Waals surface area (Å²) in [6.07, 6.45) is 8.04. The van der Waals surface area contributed by atoms with Gasteiger partial charge in [0.05, 0.1) is 17.7 Å². The topological polar surface area (TPSA) is 17.8 Å². The van der Waals surface area contributed by atoms with Crippen LogP contribution in [0, 0.1) is 17.2 Å². The Morgan fingerprint density at radius 2 is 1.91 bits per heavy atom. The number of fused-ring (bicyclic) bond motifs is 2. The van der Waals surface area contributed by atoms with E-state index in [1.165, 1.54) is 40.4 Å². The van der Waals surface area contributed by atoms with E-state index in [-0.39, 0.29) is 16.6 Å². The average Bonchev–Trinajstić information content (AvgIpc) is 3.39. The molecule has 2 unspecified atom stereocenters. The van der Waals surface area contributed by atoms with Crippen LogP contribution in [0.4, 0.5) is 4.39 Å². The lowest BCUT2D eigenvalue weighted by Crippen LogP contribution is -2.41. The van der Waals surface area contributed by atoms with E-state index in [1.807, 2.05) is 29.8 Å². The zero-order valence-electron chi connectivity index (χ0n) is 19.8. The van der Waals surface area contributed by atoms with Crippen molar-refractivity contribution in [1.82, 2.24) is 9.55 Å². The lowest BCUT2D eigenvalue weighted by molar-refractivity contribution is 0.131. The Bertz CT molecular complexity index is 1160. The van der Waals surface area contributed by atoms with Crippen molar-refractivity contribution in [2.24, 2.45) is 11.3 Å². The number of nitrogens with zero attached hydrogens (tertiary/aromatic N) is 2. The number of aromatic nitrogens is 2. The van der Waals surface area contributed by atoms with Crippen molar-refractivity contribution in [2.45, 2.75) is 71.8 Å². The van der Waals surface area contributed by atoms with Gasteiger partial charge < -0.3 is 4.57 Å². The molecule has 0 radical (unpaired) electrons. The average molecular weight is 449 g/mol. The molecule has 2 aromatic heterocycles. The molecule has 1 saturated carbocycles. The lowest BCUT2D eigenvalue weighted by atomic mass is 9.59. The summed E-state index contributed by atoms with van der Waals surface area (Å²) in [4.78, 5) is 7.74. The number of hydrogen-bond donors (Lipinski definition) is 0. The molecule has 32 heavy (non-hydrogen) atoms. The largest absolute Gasteiger partial charge is 0.330 e. The van der Waals surface area contributed by atoms with Crippen LogP contribution in [0.25, 0.3) is 17.3 Å². The SMILES string of the molecule is CC(c1ccc(C(C)(C)C)s1)C1CCCC2=Cc3c(-c4ccc(F)cc4)ncn3C[C@@]21C. The molecule has 5 rings (SSSR count). The molecule has 0 bridgehead atoms. The van der Waals surface area contributed by atoms with Crippen LogP contribution >= 0.6 is 11.3 Å². The standard InChI is InChI=1S/C28H33FN2S/c1-18(24-13-14-25(32-24)27(2,3)4)22-8-6-7-20-15-23-26(19-9-11-21(29)12-10-19)30-17-31(23)16-28(20,22)5/h9-15,17-18,22H,6-8,16H2,1-5H3/t18?,22?,28-/m0/s1. The van der Waals surface area contributed by atoms with Gasteiger partial charge in [-0.05, 0) is 79.0 Å². The molecular weight excluding hydrogens is 415 g/mol. The molecule has 0 saturated heterocycles. The van der Waals surface area contributed by atoms with Gasteiger partial charge in [0.15, 0.2) is 0 Å². The fourth-order valence-electron chi connectivity index (χ4n) is 5.83. The summed E-state index contributed by atoms with van der Waals surface area (Å²) in [6.45, 7) is 12.8. The predicted molar refractivity (Wildman–Crippen MR) is 132 cm³/mol. The molecule has 3 atom stereocenters. The first-order valence-electron chi connectivity index (χ1n) is 11.8. The maximum Gasteiger partial charge on any atom is 0.123 e. The van der Waals surface area contributed by atoms with Gasteiger partial charge in [-0.15, -0.1) is 11.3 Å². The monoisotopic (exact) mass is 448 g/mol. The second-order valence-corrected chi connectivity index (χ2v) is 12.1. The number of rotatable bonds is 3. The van der Waals surface area contributed by atoms with E-state index in [2.05, 4.69) is 57.4 Å². The van der Waals surface area contributed by atoms with E-state index < -0.39 is 0 Å². The molecule has 1 aliphatic carbocycles. The van der Waals surface area contributed by atoms with Gasteiger partial charge in [0.1, 0.15) is 5.82 Å². The van der Waals surface area contributed by atoms with Crippen molar-refractivity contribution in [1.29, 1.82) is 0 Å². The second-order valence-electron chi connectivity index (χ2n) is 10.9. The number of allylic oxidation sites excluding steroid dienone is 1. The Morgan fingerprint density at radius 1 is 1.16 bits per heavy atom. The molecule has 0 N–H and O–H groups in total. The third-order valence-electron chi connectivity index (χ3n) is 7.74. The van der Waals surface area contributed by atoms with Gasteiger partial charge in [-0.2, -0.15) is 0 Å². The molecule has 3 heterocycles. The van der Waals surface area contributed by atoms with Gasteiger partial charge >= 0.3 is 0 Å². The Hall–Kier alpha value is -2.20. The summed E-state index contributed by atoms with van der Waals surface area (Å²) < 4.78 is 15.7. The maximum absolute atomic E-state index is 13.4. The Balaban J connectivity index is 1.49. The molecule has 1 aromatic carbocycles. The van der Waals surface area contributed by atoms with E-state index in [0.717, 1.165) is 24.2 Å². The van der Waals surface area contributed by atoms with Crippen LogP contribution in [-0.4, -0.2) is 9.55 Å². The highest BCUT2D eigenvalue weighted by molar-refractivity contribution is 7.12. The molecule has 1 aliphatic heterocycles. The first-order valence-corrected chi connectivity index (χ1v) is 12.6. The number of thiophene rings is 1. The van der Waals surface area contributed by atoms with E-state index in [0.29, 0.717) is 11.8 Å². The lowest BCUT2D eigenvalue weighted by Gasteiger charge is -2.48. The van der Waals surface area contributed by atoms with E-state index in [9.17, 15) is 4.39 Å². The molecule has 3 aromatic rings. The zero-order valence-corrected chi connectivity index (χ0v) is 20.6. The molecule has 1 fully saturated rings. The Kier molecular flexibility index (Phi) is 5.20. The number of imidazole rings is 1. The van der Waals surface area contributed by atoms with Crippen LogP contribution in [0.15, 0.2) is 48.3 Å². The minimum absolute atomic E-state index is 0.136. The van der Waals surface area contributed by atoms with E-state index in [1.54, 1.807) is 5.57 Å². The van der Waals surface area contributed by atoms with Crippen LogP contribution in [0.2, 0.25) is 0 Å². The summed E-state index contributed by atoms with van der Waals surface area (Å²) in [5.41, 5.74) is 5.01. The van der Waals surface area contributed by atoms with Crippen molar-refractivity contribution < 1.29 is 4.39 Å². The molecule has 0 spiro atoms. The van der Waals surface area contributed by atoms with Gasteiger partial charge in [-0.1, -0.05) is 40.2 Å². The number of halogens is 1. The van der Waals surface area contributed by atoms with Gasteiger partial charge in [0.25, 0.3) is 0 Å². The number of hydrogen-bond acceptors (Lipinski definition) is 2. The quantitative estimate of drug-likeness (QED) is 0.396. The zero-order chi connectivity index (χ0) is 22.7. The van der Waals surface area contributed by atoms with Crippen molar-refractivity contribution in [3.8, 4) is 11.3 Å². The van der Waals surface area contributed by atoms with E-state index >= 15 is 0 Å². The molecule has 2 aliphatic rings. The number of benzene rings is 1. The Morgan fingerprint density at radius 3 is 2.59 bits per heavy atom. The van der Waals surface area contributed by atoms with Crippen LogP contribution in [0.3, 0.4) is 0 Å². The van der Waals surface area contributed by atoms with Crippen molar-refractivity contribution in [3.63, 3.8) is 0 Å². The van der Waals surface area contributed by atoms with Gasteiger partial charge in [-0.3, -0.25) is 0 Å². The highest BCUT2D eigenvalue weighted by atomic mass is 32.1. The molecule has 168 valence electrons. The minimum atomic E-state index is -0.208. The minimum Gasteiger partial charge on any atom is -0.330 e. The van der Waals surface area contributed by atoms with Crippen LogP contribution in [0.1, 0.15) is 75.2 Å². The fraction of sp³-hybridized carbons (Fsp3) is 0.464. The van der Waals surface area contributed by atoms with Crippen LogP contribution in [-0.2, 0) is 12.0 Å². The van der Waals surface area contributed by atoms with Crippen LogP contribution < -0.4 is 0 Å². The molecule has 2 nitrogen and oxygen atoms in total. The van der Waals surface area contributed by atoms with Crippen molar-refractivity contribution in [2.75, 3.05) is 0 Å². The van der Waals surface area contributed by atoms with Crippen molar-refractivity contribution in [3.05, 3.63) is 69.6 Å². The third kappa shape index (κ3) is 3.57. The molecular formula is C28H33FN2S. The summed E-state index contributed by atoms with van der Waals surface area (Å²) in [5, 5.41) is 0. The second kappa shape index (κ2) is 7.69. The van der Waals surface area contributed by atoms with Crippen LogP contribution in [0.5, 0.6) is 0 Å². The van der Waals surface area contributed by atoms with Gasteiger partial charge in [0.2, 0.25) is 0 Å². The normalized spacial score (nSPS) is 23.9. The summed E-state index contributed by atoms with van der Waals surface area (Å²) in [5.74, 6) is 0.935. The maximum atomic E-state index is 13.4. The van der Waals surface area contributed by atoms with Crippen molar-refractivity contribution >= 4 is 17.4 Å². The fourth-order valence-corrected chi connectivity index (χ4v) is 7.01.